The van der Waals surface area contributed by atoms with Gasteiger partial charge in [-0.25, -0.2) is 4.39 Å². The molecule has 4 unspecified atom stereocenters. The van der Waals surface area contributed by atoms with Crippen LogP contribution in [0.3, 0.4) is 0 Å². The zero-order valence-electron chi connectivity index (χ0n) is 19.6. The van der Waals surface area contributed by atoms with Crippen molar-refractivity contribution >= 4 is 29.5 Å². The van der Waals surface area contributed by atoms with Gasteiger partial charge in [-0.1, -0.05) is 39.3 Å². The summed E-state index contributed by atoms with van der Waals surface area (Å²) in [7, 11) is 0. The number of hydrogen-bond acceptors (Lipinski definition) is 5. The molecule has 0 amide bonds. The van der Waals surface area contributed by atoms with E-state index >= 15 is 4.39 Å². The quantitative estimate of drug-likeness (QED) is 0.444. The van der Waals surface area contributed by atoms with Crippen molar-refractivity contribution in [1.82, 2.24) is 0 Å². The summed E-state index contributed by atoms with van der Waals surface area (Å²) in [5.74, 6) is -0.773. The van der Waals surface area contributed by atoms with Crippen LogP contribution in [0.2, 0.25) is 0 Å². The number of halogens is 1. The maximum absolute atomic E-state index is 16.9. The van der Waals surface area contributed by atoms with Crippen molar-refractivity contribution in [1.29, 1.82) is 0 Å². The lowest BCUT2D eigenvalue weighted by Crippen LogP contribution is -2.60. The molecule has 0 radical (unpaired) electrons. The van der Waals surface area contributed by atoms with Gasteiger partial charge in [-0.2, -0.15) is 0 Å². The Labute approximate surface area is 195 Å². The molecule has 5 nitrogen and oxygen atoms in total. The number of rotatable bonds is 6. The van der Waals surface area contributed by atoms with Crippen LogP contribution in [0.25, 0.3) is 0 Å². The van der Waals surface area contributed by atoms with Gasteiger partial charge in [0.25, 0.3) is 0 Å². The number of aliphatic hydroxyl groups excluding tert-OH is 1. The van der Waals surface area contributed by atoms with E-state index < -0.39 is 39.3 Å². The Balaban J connectivity index is 2.01. The molecule has 0 aromatic rings. The van der Waals surface area contributed by atoms with Crippen LogP contribution in [0.1, 0.15) is 73.1 Å². The third kappa shape index (κ3) is 3.51. The monoisotopic (exact) mass is 466 g/mol. The molecule has 178 valence electrons. The molecule has 0 heterocycles. The molecular formula is C25H35FO5S. The van der Waals surface area contributed by atoms with Crippen molar-refractivity contribution in [3.63, 3.8) is 0 Å². The van der Waals surface area contributed by atoms with E-state index in [2.05, 4.69) is 12.6 Å². The van der Waals surface area contributed by atoms with Crippen LogP contribution in [0.15, 0.2) is 23.8 Å². The molecular weight excluding hydrogens is 431 g/mol. The summed E-state index contributed by atoms with van der Waals surface area (Å²) in [5.41, 5.74) is -4.99. The number of alkyl halides is 1. The van der Waals surface area contributed by atoms with Gasteiger partial charge in [-0.3, -0.25) is 14.4 Å². The van der Waals surface area contributed by atoms with Crippen LogP contribution in [0.4, 0.5) is 4.39 Å². The molecule has 0 spiro atoms. The van der Waals surface area contributed by atoms with Crippen molar-refractivity contribution in [2.45, 2.75) is 90.5 Å². The van der Waals surface area contributed by atoms with Gasteiger partial charge in [0, 0.05) is 17.3 Å². The Morgan fingerprint density at radius 1 is 1.28 bits per heavy atom. The van der Waals surface area contributed by atoms with E-state index in [0.29, 0.717) is 24.8 Å². The number of hydrogen-bond donors (Lipinski definition) is 2. The minimum Gasteiger partial charge on any atom is -0.449 e. The standard InChI is InChI=1S/C25H35FO5S/c1-6-20(29)31-25(21(30)32)12-8-16(3)23(25,5)14-19(28)24(26)11-7-15(2)18-13-17(27)9-10-22(18,24)4/h9-10,13,15-16,19,28H,6-8,11-12,14H2,1-5H3,(H,30,32)/t15-,16?,19?,22?,23?,24-,25-/m0/s1. The molecule has 0 saturated heterocycles. The van der Waals surface area contributed by atoms with Crippen molar-refractivity contribution in [3.8, 4) is 0 Å². The van der Waals surface area contributed by atoms with E-state index in [-0.39, 0.29) is 36.9 Å². The normalized spacial score (nSPS) is 42.2. The Hall–Kier alpha value is -1.47. The van der Waals surface area contributed by atoms with Crippen molar-refractivity contribution in [2.24, 2.45) is 22.7 Å². The lowest BCUT2D eigenvalue weighted by molar-refractivity contribution is -0.184. The first-order valence-electron chi connectivity index (χ1n) is 11.5. The first-order valence-corrected chi connectivity index (χ1v) is 12.0. The number of thiol groups is 1. The Morgan fingerprint density at radius 3 is 2.53 bits per heavy atom. The Bertz CT molecular complexity index is 884. The maximum Gasteiger partial charge on any atom is 0.306 e. The molecule has 0 aromatic carbocycles. The highest BCUT2D eigenvalue weighted by Crippen LogP contribution is 2.61. The first kappa shape index (κ1) is 25.2. The molecule has 7 atom stereocenters. The lowest BCUT2D eigenvalue weighted by atomic mass is 9.54. The van der Waals surface area contributed by atoms with E-state index in [1.807, 2.05) is 13.8 Å². The van der Waals surface area contributed by atoms with E-state index in [1.165, 1.54) is 12.2 Å². The molecule has 0 bridgehead atoms. The van der Waals surface area contributed by atoms with Crippen LogP contribution in [0, 0.1) is 22.7 Å². The molecule has 7 heteroatoms. The number of aliphatic hydroxyl groups is 1. The molecule has 2 fully saturated rings. The molecule has 3 rings (SSSR count). The second-order valence-electron chi connectivity index (χ2n) is 10.4. The molecule has 32 heavy (non-hydrogen) atoms. The summed E-state index contributed by atoms with van der Waals surface area (Å²) in [5, 5.41) is 10.9. The van der Waals surface area contributed by atoms with E-state index in [9.17, 15) is 19.5 Å². The largest absolute Gasteiger partial charge is 0.449 e. The third-order valence-electron chi connectivity index (χ3n) is 8.82. The molecule has 1 N–H and O–H groups in total. The molecule has 0 aromatic heterocycles. The van der Waals surface area contributed by atoms with Gasteiger partial charge in [0.05, 0.1) is 6.10 Å². The number of ketones is 1. The van der Waals surface area contributed by atoms with Gasteiger partial charge in [0.15, 0.2) is 11.4 Å². The minimum atomic E-state index is -2.03. The maximum atomic E-state index is 16.9. The highest BCUT2D eigenvalue weighted by atomic mass is 32.1. The van der Waals surface area contributed by atoms with Crippen molar-refractivity contribution in [3.05, 3.63) is 23.8 Å². The van der Waals surface area contributed by atoms with Gasteiger partial charge >= 0.3 is 5.97 Å². The van der Waals surface area contributed by atoms with Crippen LogP contribution < -0.4 is 0 Å². The molecule has 3 aliphatic carbocycles. The number of esters is 1. The zero-order chi connectivity index (χ0) is 24.1. The predicted molar refractivity (Wildman–Crippen MR) is 123 cm³/mol. The van der Waals surface area contributed by atoms with Gasteiger partial charge in [0.1, 0.15) is 5.67 Å². The number of allylic oxidation sites excluding steroid dienone is 4. The highest BCUT2D eigenvalue weighted by Gasteiger charge is 2.66. The van der Waals surface area contributed by atoms with E-state index in [4.69, 9.17) is 4.74 Å². The molecule has 0 aliphatic heterocycles. The predicted octanol–water partition coefficient (Wildman–Crippen LogP) is 4.53. The van der Waals surface area contributed by atoms with Gasteiger partial charge in [-0.15, -0.1) is 12.6 Å². The summed E-state index contributed by atoms with van der Waals surface area (Å²) in [6, 6.07) is 0. The van der Waals surface area contributed by atoms with Gasteiger partial charge in [0.2, 0.25) is 5.12 Å². The summed E-state index contributed by atoms with van der Waals surface area (Å²) >= 11 is 4.08. The number of carbonyl (C=O) groups excluding carboxylic acids is 3. The van der Waals surface area contributed by atoms with Gasteiger partial charge in [-0.05, 0) is 63.0 Å². The smallest absolute Gasteiger partial charge is 0.306 e. The second kappa shape index (κ2) is 8.39. The van der Waals surface area contributed by atoms with Crippen molar-refractivity contribution in [2.75, 3.05) is 0 Å². The molecule has 3 aliphatic rings. The summed E-state index contributed by atoms with van der Waals surface area (Å²) in [4.78, 5) is 37.0. The number of ether oxygens (including phenoxy) is 1. The topological polar surface area (TPSA) is 80.7 Å². The fourth-order valence-electron chi connectivity index (χ4n) is 6.26. The van der Waals surface area contributed by atoms with Gasteiger partial charge < -0.3 is 9.84 Å². The number of carbonyl (C=O) groups is 3. The Kier molecular flexibility index (Phi) is 6.59. The van der Waals surface area contributed by atoms with E-state index in [1.54, 1.807) is 26.8 Å². The average molecular weight is 467 g/mol. The fraction of sp³-hybridized carbons (Fsp3) is 0.720. The van der Waals surface area contributed by atoms with Crippen LogP contribution in [-0.2, 0) is 19.1 Å². The second-order valence-corrected chi connectivity index (χ2v) is 10.8. The first-order chi connectivity index (χ1) is 14.8. The van der Waals surface area contributed by atoms with Crippen molar-refractivity contribution < 1.29 is 28.6 Å². The third-order valence-corrected chi connectivity index (χ3v) is 9.18. The summed E-state index contributed by atoms with van der Waals surface area (Å²) in [6.07, 6.45) is 4.57. The van der Waals surface area contributed by atoms with Crippen LogP contribution >= 0.6 is 12.6 Å². The average Bonchev–Trinajstić information content (AvgIpc) is 2.98. The zero-order valence-corrected chi connectivity index (χ0v) is 20.5. The fourth-order valence-corrected chi connectivity index (χ4v) is 6.68. The summed E-state index contributed by atoms with van der Waals surface area (Å²) < 4.78 is 22.6. The number of fused-ring (bicyclic) bond motifs is 1. The highest BCUT2D eigenvalue weighted by molar-refractivity contribution is 7.96. The van der Waals surface area contributed by atoms with Crippen LogP contribution in [-0.4, -0.2) is 39.3 Å². The van der Waals surface area contributed by atoms with E-state index in [0.717, 1.165) is 0 Å². The SMILES string of the molecule is CCC(=O)O[C@]1(C(=O)S)CCC(C)C1(C)CC(O)[C@@]1(F)CC[C@H](C)C2=CC(=O)C=CC21C. The lowest BCUT2D eigenvalue weighted by Gasteiger charge is -2.54. The molecule has 2 saturated carbocycles. The summed E-state index contributed by atoms with van der Waals surface area (Å²) in [6.45, 7) is 9.08. The Morgan fingerprint density at radius 2 is 1.94 bits per heavy atom. The van der Waals surface area contributed by atoms with Crippen LogP contribution in [0.5, 0.6) is 0 Å². The minimum absolute atomic E-state index is 0.0228.